The molecule has 0 bridgehead atoms. The van der Waals surface area contributed by atoms with E-state index in [0.29, 0.717) is 0 Å². The summed E-state index contributed by atoms with van der Waals surface area (Å²) in [5.74, 6) is 0. The molecule has 4 aromatic rings. The molecule has 2 atom stereocenters. The Labute approximate surface area is 183 Å². The number of rotatable bonds is 5. The van der Waals surface area contributed by atoms with Gasteiger partial charge in [-0.3, -0.25) is 0 Å². The summed E-state index contributed by atoms with van der Waals surface area (Å²) >= 11 is 0. The minimum atomic E-state index is -0.963. The summed E-state index contributed by atoms with van der Waals surface area (Å²) < 4.78 is 0. The summed E-state index contributed by atoms with van der Waals surface area (Å²) in [6.45, 7) is 1.80. The van der Waals surface area contributed by atoms with Crippen molar-refractivity contribution >= 4 is 0 Å². The Balaban J connectivity index is 0.000000352. The van der Waals surface area contributed by atoms with Gasteiger partial charge in [0.15, 0.2) is 0 Å². The van der Waals surface area contributed by atoms with E-state index in [0.717, 1.165) is 24.2 Å². The predicted octanol–water partition coefficient (Wildman–Crippen LogP) is 4.93. The first-order valence-electron chi connectivity index (χ1n) is 9.73. The van der Waals surface area contributed by atoms with Crippen molar-refractivity contribution in [1.82, 2.24) is 4.90 Å². The van der Waals surface area contributed by atoms with Crippen molar-refractivity contribution in [3.8, 4) is 0 Å². The molecule has 0 aliphatic carbocycles. The molecule has 0 spiro atoms. The van der Waals surface area contributed by atoms with Crippen LogP contribution in [0.2, 0.25) is 0 Å². The second-order valence-electron chi connectivity index (χ2n) is 7.20. The van der Waals surface area contributed by atoms with Crippen molar-refractivity contribution in [2.45, 2.75) is 18.2 Å². The summed E-state index contributed by atoms with van der Waals surface area (Å²) in [4.78, 5) is 2.33. The standard InChI is InChI=1S/C21H20NO.C5H5.Fe/c23-21(18-11-3-1-4-12-18,19-13-5-2-6-14-19)20-16-22(20)15-17-9-7-8-10-17;1-2-4-5-3-1;/h1-14,20,23H,15-16H2;1-5H;/q2*-1;+2/t20-,22?;;/m0../s1. The molecule has 5 rings (SSSR count). The van der Waals surface area contributed by atoms with Crippen LogP contribution >= 0.6 is 0 Å². The molecule has 0 amide bonds. The van der Waals surface area contributed by atoms with Gasteiger partial charge in [-0.25, -0.2) is 18.2 Å². The number of hydrogen-bond acceptors (Lipinski definition) is 2. The molecular formula is C26H25FeNO. The summed E-state index contributed by atoms with van der Waals surface area (Å²) in [6, 6.07) is 38.5. The maximum atomic E-state index is 11.7. The summed E-state index contributed by atoms with van der Waals surface area (Å²) in [5, 5.41) is 11.7. The third-order valence-corrected chi connectivity index (χ3v) is 5.30. The van der Waals surface area contributed by atoms with Gasteiger partial charge in [-0.15, -0.1) is 0 Å². The Morgan fingerprint density at radius 1 is 0.793 bits per heavy atom. The second kappa shape index (κ2) is 9.86. The molecule has 3 heteroatoms. The van der Waals surface area contributed by atoms with Gasteiger partial charge in [-0.1, -0.05) is 60.7 Å². The molecule has 29 heavy (non-hydrogen) atoms. The average molecular weight is 423 g/mol. The van der Waals surface area contributed by atoms with Crippen molar-refractivity contribution in [2.75, 3.05) is 6.54 Å². The fourth-order valence-electron chi connectivity index (χ4n) is 3.76. The van der Waals surface area contributed by atoms with Crippen molar-refractivity contribution < 1.29 is 22.2 Å². The number of nitrogens with zero attached hydrogens (tertiary/aromatic N) is 1. The van der Waals surface area contributed by atoms with E-state index in [1.165, 1.54) is 5.56 Å². The van der Waals surface area contributed by atoms with Crippen LogP contribution in [0.15, 0.2) is 115 Å². The molecule has 1 aliphatic heterocycles. The van der Waals surface area contributed by atoms with E-state index < -0.39 is 5.60 Å². The zero-order valence-corrected chi connectivity index (χ0v) is 17.3. The number of benzene rings is 2. The van der Waals surface area contributed by atoms with Crippen LogP contribution in [0.4, 0.5) is 0 Å². The van der Waals surface area contributed by atoms with Gasteiger partial charge in [0.1, 0.15) is 5.60 Å². The average Bonchev–Trinajstić information content (AvgIpc) is 3.15. The first kappa shape index (κ1) is 21.3. The third-order valence-electron chi connectivity index (χ3n) is 5.30. The maximum absolute atomic E-state index is 11.7. The van der Waals surface area contributed by atoms with Crippen LogP contribution in [-0.2, 0) is 29.2 Å². The van der Waals surface area contributed by atoms with Crippen LogP contribution in [0.5, 0.6) is 0 Å². The molecule has 1 fully saturated rings. The van der Waals surface area contributed by atoms with Crippen LogP contribution in [0.3, 0.4) is 0 Å². The van der Waals surface area contributed by atoms with Gasteiger partial charge in [-0.05, 0) is 17.7 Å². The van der Waals surface area contributed by atoms with E-state index in [1.54, 1.807) is 0 Å². The SMILES string of the molecule is OC(c1ccccc1)(c1ccccc1)[C@@H]1CN1Cc1cc[cH-]c1.[Fe+2].c1cc[cH-]c1. The zero-order valence-electron chi connectivity index (χ0n) is 16.2. The minimum absolute atomic E-state index is 0. The largest absolute Gasteiger partial charge is 2.00 e. The summed E-state index contributed by atoms with van der Waals surface area (Å²) in [5.41, 5.74) is 2.26. The predicted molar refractivity (Wildman–Crippen MR) is 114 cm³/mol. The Morgan fingerprint density at radius 2 is 1.38 bits per heavy atom. The van der Waals surface area contributed by atoms with Gasteiger partial charge in [0, 0.05) is 6.54 Å². The monoisotopic (exact) mass is 423 g/mol. The molecule has 1 aliphatic rings. The third kappa shape index (κ3) is 4.95. The van der Waals surface area contributed by atoms with E-state index in [-0.39, 0.29) is 23.1 Å². The van der Waals surface area contributed by atoms with Gasteiger partial charge in [0.05, 0.1) is 6.04 Å². The van der Waals surface area contributed by atoms with Crippen molar-refractivity contribution in [1.29, 1.82) is 0 Å². The van der Waals surface area contributed by atoms with Crippen molar-refractivity contribution in [2.24, 2.45) is 0 Å². The molecule has 148 valence electrons. The Kier molecular flexibility index (Phi) is 7.24. The van der Waals surface area contributed by atoms with Crippen LogP contribution in [0.25, 0.3) is 0 Å². The van der Waals surface area contributed by atoms with E-state index in [4.69, 9.17) is 0 Å². The quantitative estimate of drug-likeness (QED) is 0.280. The molecule has 4 aromatic carbocycles. The second-order valence-corrected chi connectivity index (χ2v) is 7.20. The van der Waals surface area contributed by atoms with Crippen LogP contribution in [-0.4, -0.2) is 22.6 Å². The fourth-order valence-corrected chi connectivity index (χ4v) is 3.76. The Morgan fingerprint density at radius 3 is 1.83 bits per heavy atom. The Hall–Kier alpha value is -2.42. The molecule has 0 aromatic heterocycles. The number of aliphatic hydroxyl groups is 1. The van der Waals surface area contributed by atoms with E-state index >= 15 is 0 Å². The first-order chi connectivity index (χ1) is 13.8. The minimum Gasteiger partial charge on any atom is -0.379 e. The van der Waals surface area contributed by atoms with E-state index in [9.17, 15) is 5.11 Å². The van der Waals surface area contributed by atoms with Crippen LogP contribution in [0, 0.1) is 0 Å². The van der Waals surface area contributed by atoms with Gasteiger partial charge in [-0.2, -0.15) is 42.0 Å². The molecule has 1 N–H and O–H groups in total. The molecule has 1 unspecified atom stereocenters. The van der Waals surface area contributed by atoms with E-state index in [2.05, 4.69) is 29.2 Å². The first-order valence-corrected chi connectivity index (χ1v) is 9.73. The molecule has 0 saturated carbocycles. The van der Waals surface area contributed by atoms with Gasteiger partial charge in [0.25, 0.3) is 0 Å². The van der Waals surface area contributed by atoms with E-state index in [1.807, 2.05) is 91.0 Å². The molecular weight excluding hydrogens is 398 g/mol. The topological polar surface area (TPSA) is 23.2 Å². The van der Waals surface area contributed by atoms with Crippen molar-refractivity contribution in [3.05, 3.63) is 132 Å². The van der Waals surface area contributed by atoms with Gasteiger partial charge >= 0.3 is 17.1 Å². The molecule has 1 heterocycles. The fraction of sp³-hybridized carbons (Fsp3) is 0.154. The van der Waals surface area contributed by atoms with Gasteiger partial charge < -0.3 is 10.0 Å². The zero-order chi connectivity index (χ0) is 19.2. The molecule has 2 nitrogen and oxygen atoms in total. The normalized spacial score (nSPS) is 17.6. The summed E-state index contributed by atoms with van der Waals surface area (Å²) in [7, 11) is 0. The molecule has 1 saturated heterocycles. The molecule has 0 radical (unpaired) electrons. The maximum Gasteiger partial charge on any atom is 2.00 e. The van der Waals surface area contributed by atoms with Crippen LogP contribution < -0.4 is 0 Å². The smallest absolute Gasteiger partial charge is 0.379 e. The van der Waals surface area contributed by atoms with Crippen molar-refractivity contribution in [3.63, 3.8) is 0 Å². The van der Waals surface area contributed by atoms with Crippen LogP contribution in [0.1, 0.15) is 16.7 Å². The van der Waals surface area contributed by atoms with Gasteiger partial charge in [0.2, 0.25) is 0 Å². The number of hydrogen-bond donors (Lipinski definition) is 1. The summed E-state index contributed by atoms with van der Waals surface area (Å²) in [6.07, 6.45) is 0. The Bertz CT molecular complexity index is 876.